The molecule has 0 unspecified atom stereocenters. The smallest absolute Gasteiger partial charge is 0.187 e. The largest absolute Gasteiger partial charge is 0.370 e. The van der Waals surface area contributed by atoms with E-state index in [-0.39, 0.29) is 17.8 Å². The number of carbonyl (C=O) groups excluding carboxylic acids is 1. The number of Topliss-reactive ketones (excluding diaryl/α,β-unsaturated/α-hetero) is 1. The van der Waals surface area contributed by atoms with Crippen molar-refractivity contribution in [3.05, 3.63) is 46.3 Å². The number of ketones is 1. The van der Waals surface area contributed by atoms with Gasteiger partial charge in [-0.1, -0.05) is 18.6 Å². The number of fused-ring (bicyclic) bond motifs is 1. The van der Waals surface area contributed by atoms with E-state index < -0.39 is 0 Å². The van der Waals surface area contributed by atoms with Crippen LogP contribution in [0, 0.1) is 23.3 Å². The maximum absolute atomic E-state index is 12.4. The van der Waals surface area contributed by atoms with E-state index in [1.165, 1.54) is 19.3 Å². The first-order chi connectivity index (χ1) is 11.7. The first-order valence-electron chi connectivity index (χ1n) is 8.59. The van der Waals surface area contributed by atoms with Crippen LogP contribution in [0.3, 0.4) is 0 Å². The van der Waals surface area contributed by atoms with Crippen molar-refractivity contribution >= 4 is 17.2 Å². The lowest BCUT2D eigenvalue weighted by atomic mass is 9.63. The Bertz CT molecular complexity index is 823. The van der Waals surface area contributed by atoms with Gasteiger partial charge in [0.05, 0.1) is 12.3 Å². The SMILES string of the molecule is [C-]#[N+]c1ccc2c(c1)C(N1CCC3(CCC3)CC1)=C(C#N)C(=O)C2. The fourth-order valence-corrected chi connectivity index (χ4v) is 4.36. The van der Waals surface area contributed by atoms with Crippen LogP contribution in [0.2, 0.25) is 0 Å². The molecule has 0 N–H and O–H groups in total. The molecule has 2 aliphatic carbocycles. The summed E-state index contributed by atoms with van der Waals surface area (Å²) in [6.07, 6.45) is 6.52. The number of nitrogens with zero attached hydrogens (tertiary/aromatic N) is 3. The van der Waals surface area contributed by atoms with E-state index in [2.05, 4.69) is 15.8 Å². The Balaban J connectivity index is 1.75. The summed E-state index contributed by atoms with van der Waals surface area (Å²) in [6, 6.07) is 7.61. The van der Waals surface area contributed by atoms with E-state index >= 15 is 0 Å². The molecule has 1 aromatic carbocycles. The molecule has 0 amide bonds. The topological polar surface area (TPSA) is 48.5 Å². The number of carbonyl (C=O) groups is 1. The van der Waals surface area contributed by atoms with E-state index in [0.717, 1.165) is 42.8 Å². The average Bonchev–Trinajstić information content (AvgIpc) is 2.59. The molecule has 1 aliphatic heterocycles. The van der Waals surface area contributed by atoms with Crippen LogP contribution in [-0.2, 0) is 11.2 Å². The minimum Gasteiger partial charge on any atom is -0.370 e. The fraction of sp³-hybridized carbons (Fsp3) is 0.450. The van der Waals surface area contributed by atoms with Crippen molar-refractivity contribution in [3.63, 3.8) is 0 Å². The van der Waals surface area contributed by atoms with Crippen molar-refractivity contribution in [1.82, 2.24) is 4.90 Å². The number of benzene rings is 1. The molecule has 4 heteroatoms. The first-order valence-corrected chi connectivity index (χ1v) is 8.59. The molecule has 0 bridgehead atoms. The maximum atomic E-state index is 12.4. The standard InChI is InChI=1S/C20H19N3O/c1-22-15-4-3-14-11-18(24)17(13-21)19(16(14)12-15)23-9-7-20(8-10-23)5-2-6-20/h3-4,12H,2,5-11H2. The van der Waals surface area contributed by atoms with Gasteiger partial charge in [-0.05, 0) is 48.3 Å². The number of piperidine rings is 1. The summed E-state index contributed by atoms with van der Waals surface area (Å²) in [4.78, 5) is 18.2. The number of rotatable bonds is 1. The van der Waals surface area contributed by atoms with Crippen LogP contribution in [-0.4, -0.2) is 23.8 Å². The van der Waals surface area contributed by atoms with Crippen LogP contribution in [0.4, 0.5) is 5.69 Å². The summed E-state index contributed by atoms with van der Waals surface area (Å²) in [6.45, 7) is 9.05. The Morgan fingerprint density at radius 3 is 2.54 bits per heavy atom. The van der Waals surface area contributed by atoms with Crippen LogP contribution in [0.15, 0.2) is 23.8 Å². The van der Waals surface area contributed by atoms with Gasteiger partial charge in [-0.15, -0.1) is 0 Å². The Kier molecular flexibility index (Phi) is 3.43. The highest BCUT2D eigenvalue weighted by molar-refractivity contribution is 6.10. The Morgan fingerprint density at radius 2 is 1.96 bits per heavy atom. The van der Waals surface area contributed by atoms with E-state index in [1.807, 2.05) is 12.1 Å². The van der Waals surface area contributed by atoms with Gasteiger partial charge in [0.25, 0.3) is 0 Å². The summed E-state index contributed by atoms with van der Waals surface area (Å²) in [5.74, 6) is -0.0977. The molecule has 1 saturated carbocycles. The minimum atomic E-state index is -0.0977. The third kappa shape index (κ3) is 2.22. The quantitative estimate of drug-likeness (QED) is 0.739. The van der Waals surface area contributed by atoms with Gasteiger partial charge >= 0.3 is 0 Å². The van der Waals surface area contributed by atoms with Crippen LogP contribution in [0.25, 0.3) is 10.5 Å². The number of allylic oxidation sites excluding steroid dienone is 1. The van der Waals surface area contributed by atoms with Gasteiger partial charge in [-0.3, -0.25) is 4.79 Å². The third-order valence-corrected chi connectivity index (χ3v) is 6.01. The second kappa shape index (κ2) is 5.49. The predicted octanol–water partition coefficient (Wildman–Crippen LogP) is 3.86. The monoisotopic (exact) mass is 317 g/mol. The summed E-state index contributed by atoms with van der Waals surface area (Å²) >= 11 is 0. The summed E-state index contributed by atoms with van der Waals surface area (Å²) in [7, 11) is 0. The van der Waals surface area contributed by atoms with Crippen LogP contribution in [0.1, 0.15) is 43.2 Å². The van der Waals surface area contributed by atoms with Crippen LogP contribution in [0.5, 0.6) is 0 Å². The Labute approximate surface area is 142 Å². The molecular weight excluding hydrogens is 298 g/mol. The molecule has 2 fully saturated rings. The van der Waals surface area contributed by atoms with Crippen LogP contribution >= 0.6 is 0 Å². The van der Waals surface area contributed by atoms with Gasteiger partial charge < -0.3 is 4.90 Å². The van der Waals surface area contributed by atoms with Crippen molar-refractivity contribution in [2.45, 2.75) is 38.5 Å². The van der Waals surface area contributed by atoms with Gasteiger partial charge in [-0.2, -0.15) is 5.26 Å². The lowest BCUT2D eigenvalue weighted by Crippen LogP contribution is -2.43. The van der Waals surface area contributed by atoms with Crippen molar-refractivity contribution in [2.24, 2.45) is 5.41 Å². The Morgan fingerprint density at radius 1 is 1.21 bits per heavy atom. The molecule has 120 valence electrons. The predicted molar refractivity (Wildman–Crippen MR) is 91.0 cm³/mol. The molecule has 4 rings (SSSR count). The zero-order valence-corrected chi connectivity index (χ0v) is 13.6. The second-order valence-corrected chi connectivity index (χ2v) is 7.23. The molecular formula is C20H19N3O. The van der Waals surface area contributed by atoms with E-state index in [9.17, 15) is 10.1 Å². The molecule has 1 aromatic rings. The molecule has 0 aromatic heterocycles. The van der Waals surface area contributed by atoms with Gasteiger partial charge in [0.15, 0.2) is 11.5 Å². The molecule has 1 spiro atoms. The van der Waals surface area contributed by atoms with Crippen molar-refractivity contribution in [3.8, 4) is 6.07 Å². The lowest BCUT2D eigenvalue weighted by Gasteiger charge is -2.49. The second-order valence-electron chi connectivity index (χ2n) is 7.23. The minimum absolute atomic E-state index is 0.0977. The zero-order valence-electron chi connectivity index (χ0n) is 13.6. The number of likely N-dealkylation sites (tertiary alicyclic amines) is 1. The third-order valence-electron chi connectivity index (χ3n) is 6.01. The van der Waals surface area contributed by atoms with Gasteiger partial charge in [0.2, 0.25) is 0 Å². The number of hydrogen-bond donors (Lipinski definition) is 0. The van der Waals surface area contributed by atoms with Crippen LogP contribution < -0.4 is 0 Å². The van der Waals surface area contributed by atoms with Gasteiger partial charge in [0, 0.05) is 19.5 Å². The fourth-order valence-electron chi connectivity index (χ4n) is 4.36. The van der Waals surface area contributed by atoms with Crippen molar-refractivity contribution in [2.75, 3.05) is 13.1 Å². The zero-order chi connectivity index (χ0) is 16.7. The molecule has 0 atom stereocenters. The highest BCUT2D eigenvalue weighted by Crippen LogP contribution is 2.50. The van der Waals surface area contributed by atoms with Crippen molar-refractivity contribution in [1.29, 1.82) is 5.26 Å². The van der Waals surface area contributed by atoms with E-state index in [4.69, 9.17) is 6.57 Å². The highest BCUT2D eigenvalue weighted by Gasteiger charge is 2.41. The van der Waals surface area contributed by atoms with E-state index in [0.29, 0.717) is 11.1 Å². The molecule has 3 aliphatic rings. The van der Waals surface area contributed by atoms with E-state index in [1.54, 1.807) is 6.07 Å². The summed E-state index contributed by atoms with van der Waals surface area (Å²) in [5.41, 5.74) is 3.96. The Hall–Kier alpha value is -2.59. The van der Waals surface area contributed by atoms with Gasteiger partial charge in [-0.25, -0.2) is 4.85 Å². The molecule has 0 radical (unpaired) electrons. The molecule has 24 heavy (non-hydrogen) atoms. The maximum Gasteiger partial charge on any atom is 0.187 e. The number of nitriles is 1. The van der Waals surface area contributed by atoms with Crippen molar-refractivity contribution < 1.29 is 4.79 Å². The molecule has 1 heterocycles. The number of hydrogen-bond acceptors (Lipinski definition) is 3. The average molecular weight is 317 g/mol. The molecule has 1 saturated heterocycles. The van der Waals surface area contributed by atoms with Gasteiger partial charge in [0.1, 0.15) is 11.6 Å². The normalized spacial score (nSPS) is 21.8. The summed E-state index contributed by atoms with van der Waals surface area (Å²) in [5, 5.41) is 9.56. The lowest BCUT2D eigenvalue weighted by molar-refractivity contribution is -0.114. The first kappa shape index (κ1) is 15.0. The highest BCUT2D eigenvalue weighted by atomic mass is 16.1. The molecule has 4 nitrogen and oxygen atoms in total. The summed E-state index contributed by atoms with van der Waals surface area (Å²) < 4.78 is 0.